The minimum atomic E-state index is -2.81. The van der Waals surface area contributed by atoms with Crippen molar-refractivity contribution in [3.63, 3.8) is 0 Å². The van der Waals surface area contributed by atoms with E-state index >= 15 is 0 Å². The fourth-order valence-corrected chi connectivity index (χ4v) is 0.541. The van der Waals surface area contributed by atoms with Crippen LogP contribution >= 0.6 is 8.25 Å². The van der Waals surface area contributed by atoms with E-state index in [1.807, 2.05) is 0 Å². The van der Waals surface area contributed by atoms with Crippen molar-refractivity contribution in [3.8, 4) is 0 Å². The molecule has 5 heteroatoms. The summed E-state index contributed by atoms with van der Waals surface area (Å²) >= 11 is 0. The highest BCUT2D eigenvalue weighted by Crippen LogP contribution is 2.11. The molecular formula is C3H7O4P. The Bertz CT molecular complexity index is 83.4. The molecule has 2 atom stereocenters. The van der Waals surface area contributed by atoms with Crippen LogP contribution in [0.25, 0.3) is 0 Å². The second-order valence-electron chi connectivity index (χ2n) is 1.32. The molecule has 48 valence electrons. The molecule has 2 unspecified atom stereocenters. The average molecular weight is 138 g/mol. The molecule has 4 nitrogen and oxygen atoms in total. The van der Waals surface area contributed by atoms with Gasteiger partial charge in [-0.2, -0.15) is 0 Å². The van der Waals surface area contributed by atoms with Gasteiger partial charge in [0.1, 0.15) is 6.10 Å². The zero-order chi connectivity index (χ0) is 6.57. The van der Waals surface area contributed by atoms with Crippen LogP contribution in [0.4, 0.5) is 0 Å². The molecule has 0 aliphatic carbocycles. The number of aliphatic hydroxyl groups excluding tert-OH is 1. The molecule has 0 heterocycles. The number of aliphatic hydroxyl groups is 1. The van der Waals surface area contributed by atoms with Gasteiger partial charge in [0.2, 0.25) is 0 Å². The van der Waals surface area contributed by atoms with Crippen molar-refractivity contribution >= 4 is 8.25 Å². The molecule has 0 aromatic carbocycles. The highest BCUT2D eigenvalue weighted by atomic mass is 31.1. The van der Waals surface area contributed by atoms with Gasteiger partial charge in [-0.05, 0) is 11.5 Å². The first-order valence-corrected chi connectivity index (χ1v) is 3.18. The van der Waals surface area contributed by atoms with Crippen LogP contribution < -0.4 is 4.89 Å². The summed E-state index contributed by atoms with van der Waals surface area (Å²) in [5.74, 6) is 0. The van der Waals surface area contributed by atoms with Gasteiger partial charge in [0, 0.05) is 0 Å². The first-order valence-electron chi connectivity index (χ1n) is 2.09. The fraction of sp³-hybridized carbons (Fsp3) is 1.00. The molecule has 0 aliphatic heterocycles. The molecule has 0 radical (unpaired) electrons. The SMILES string of the molecule is CC(CO)O[P+](=O)[O-]. The van der Waals surface area contributed by atoms with Crippen molar-refractivity contribution in [3.05, 3.63) is 0 Å². The molecule has 0 rings (SSSR count). The van der Waals surface area contributed by atoms with E-state index in [2.05, 4.69) is 4.52 Å². The Balaban J connectivity index is 3.24. The summed E-state index contributed by atoms with van der Waals surface area (Å²) in [5, 5.41) is 8.19. The van der Waals surface area contributed by atoms with Gasteiger partial charge >= 0.3 is 8.25 Å². The summed E-state index contributed by atoms with van der Waals surface area (Å²) in [6, 6.07) is 0. The Morgan fingerprint density at radius 3 is 2.62 bits per heavy atom. The summed E-state index contributed by atoms with van der Waals surface area (Å²) in [7, 11) is -2.81. The smallest absolute Gasteiger partial charge is 0.488 e. The van der Waals surface area contributed by atoms with Crippen LogP contribution in [-0.4, -0.2) is 17.8 Å². The summed E-state index contributed by atoms with van der Waals surface area (Å²) in [6.45, 7) is 1.19. The zero-order valence-corrected chi connectivity index (χ0v) is 5.30. The minimum absolute atomic E-state index is 0.274. The third-order valence-electron chi connectivity index (χ3n) is 0.523. The lowest BCUT2D eigenvalue weighted by molar-refractivity contribution is -0.189. The second kappa shape index (κ2) is 3.92. The molecule has 0 saturated carbocycles. The predicted molar refractivity (Wildman–Crippen MR) is 25.2 cm³/mol. The van der Waals surface area contributed by atoms with Gasteiger partial charge < -0.3 is 10.00 Å². The maximum absolute atomic E-state index is 9.67. The first-order chi connectivity index (χ1) is 3.66. The molecule has 0 fully saturated rings. The van der Waals surface area contributed by atoms with E-state index in [1.165, 1.54) is 6.92 Å². The van der Waals surface area contributed by atoms with E-state index in [0.717, 1.165) is 0 Å². The molecule has 0 bridgehead atoms. The van der Waals surface area contributed by atoms with Crippen LogP contribution in [0.15, 0.2) is 0 Å². The van der Waals surface area contributed by atoms with Crippen molar-refractivity contribution in [2.75, 3.05) is 6.61 Å². The standard InChI is InChI=1S/C3H7O4P/c1-3(2-4)7-8(5)6/h3-4H,2H2,1H3. The van der Waals surface area contributed by atoms with Crippen molar-refractivity contribution < 1.29 is 19.1 Å². The molecule has 0 aromatic rings. The predicted octanol–water partition coefficient (Wildman–Crippen LogP) is -0.599. The van der Waals surface area contributed by atoms with Gasteiger partial charge in [-0.3, -0.25) is 0 Å². The van der Waals surface area contributed by atoms with Crippen LogP contribution in [0.5, 0.6) is 0 Å². The second-order valence-corrected chi connectivity index (χ2v) is 1.98. The summed E-state index contributed by atoms with van der Waals surface area (Å²) in [4.78, 5) is 9.67. The lowest BCUT2D eigenvalue weighted by Crippen LogP contribution is -2.10. The summed E-state index contributed by atoms with van der Waals surface area (Å²) in [6.07, 6.45) is -0.615. The van der Waals surface area contributed by atoms with Gasteiger partial charge in [-0.25, -0.2) is 0 Å². The summed E-state index contributed by atoms with van der Waals surface area (Å²) in [5.41, 5.74) is 0. The molecule has 0 amide bonds. The fourth-order valence-electron chi connectivity index (χ4n) is 0.180. The molecule has 0 aliphatic rings. The van der Waals surface area contributed by atoms with Crippen LogP contribution in [0, 0.1) is 0 Å². The van der Waals surface area contributed by atoms with Crippen LogP contribution in [0.2, 0.25) is 0 Å². The normalized spacial score (nSPS) is 15.6. The largest absolute Gasteiger partial charge is 0.566 e. The third kappa shape index (κ3) is 4.15. The minimum Gasteiger partial charge on any atom is -0.566 e. The average Bonchev–Trinajstić information content (AvgIpc) is 1.65. The number of rotatable bonds is 3. The summed E-state index contributed by atoms with van der Waals surface area (Å²) < 4.78 is 13.8. The Kier molecular flexibility index (Phi) is 3.91. The number of hydrogen-bond donors (Lipinski definition) is 1. The van der Waals surface area contributed by atoms with Crippen molar-refractivity contribution in [2.24, 2.45) is 0 Å². The van der Waals surface area contributed by atoms with Crippen LogP contribution in [0.3, 0.4) is 0 Å². The highest BCUT2D eigenvalue weighted by molar-refractivity contribution is 7.30. The highest BCUT2D eigenvalue weighted by Gasteiger charge is 2.08. The third-order valence-corrected chi connectivity index (χ3v) is 1.06. The van der Waals surface area contributed by atoms with Crippen molar-refractivity contribution in [1.82, 2.24) is 0 Å². The number of hydrogen-bond acceptors (Lipinski definition) is 4. The zero-order valence-electron chi connectivity index (χ0n) is 4.40. The Hall–Kier alpha value is -0.0200. The molecule has 0 spiro atoms. The van der Waals surface area contributed by atoms with E-state index in [9.17, 15) is 9.46 Å². The van der Waals surface area contributed by atoms with Gasteiger partial charge in [-0.1, -0.05) is 0 Å². The Morgan fingerprint density at radius 2 is 2.50 bits per heavy atom. The van der Waals surface area contributed by atoms with Gasteiger partial charge in [0.05, 0.1) is 6.61 Å². The quantitative estimate of drug-likeness (QED) is 0.528. The molecular weight excluding hydrogens is 131 g/mol. The lowest BCUT2D eigenvalue weighted by Gasteiger charge is -1.97. The van der Waals surface area contributed by atoms with Gasteiger partial charge in [0.15, 0.2) is 0 Å². The van der Waals surface area contributed by atoms with Crippen molar-refractivity contribution in [2.45, 2.75) is 13.0 Å². The molecule has 8 heavy (non-hydrogen) atoms. The van der Waals surface area contributed by atoms with E-state index in [1.54, 1.807) is 0 Å². The maximum atomic E-state index is 9.67. The van der Waals surface area contributed by atoms with E-state index in [4.69, 9.17) is 5.11 Å². The Labute approximate surface area is 48.0 Å². The first kappa shape index (κ1) is 7.98. The monoisotopic (exact) mass is 138 g/mol. The van der Waals surface area contributed by atoms with Gasteiger partial charge in [0.25, 0.3) is 0 Å². The van der Waals surface area contributed by atoms with E-state index in [-0.39, 0.29) is 6.61 Å². The molecule has 0 aromatic heterocycles. The topological polar surface area (TPSA) is 69.6 Å². The Morgan fingerprint density at radius 1 is 2.00 bits per heavy atom. The lowest BCUT2D eigenvalue weighted by atomic mass is 10.5. The van der Waals surface area contributed by atoms with Crippen LogP contribution in [0.1, 0.15) is 6.92 Å². The van der Waals surface area contributed by atoms with E-state index in [0.29, 0.717) is 0 Å². The maximum Gasteiger partial charge on any atom is 0.488 e. The van der Waals surface area contributed by atoms with E-state index < -0.39 is 14.4 Å². The molecule has 0 saturated heterocycles. The van der Waals surface area contributed by atoms with Crippen molar-refractivity contribution in [1.29, 1.82) is 0 Å². The van der Waals surface area contributed by atoms with Crippen LogP contribution in [-0.2, 0) is 9.09 Å². The molecule has 1 N–H and O–H groups in total. The van der Waals surface area contributed by atoms with Gasteiger partial charge in [-0.15, -0.1) is 4.52 Å².